The average Bonchev–Trinajstić information content (AvgIpc) is 2.59. The van der Waals surface area contributed by atoms with Crippen LogP contribution in [0, 0.1) is 0 Å². The van der Waals surface area contributed by atoms with Gasteiger partial charge < -0.3 is 14.5 Å². The number of fused-ring (bicyclic) bond motifs is 1. The molecule has 6 nitrogen and oxygen atoms in total. The maximum absolute atomic E-state index is 12.8. The fourth-order valence-corrected chi connectivity index (χ4v) is 2.42. The summed E-state index contributed by atoms with van der Waals surface area (Å²) >= 11 is 0. The summed E-state index contributed by atoms with van der Waals surface area (Å²) in [5, 5.41) is 1.73. The number of ether oxygens (including phenoxy) is 1. The molecule has 0 unspecified atom stereocenters. The van der Waals surface area contributed by atoms with E-state index < -0.39 is 0 Å². The summed E-state index contributed by atoms with van der Waals surface area (Å²) in [7, 11) is 4.88. The first-order chi connectivity index (χ1) is 11.5. The molecule has 0 N–H and O–H groups in total. The summed E-state index contributed by atoms with van der Waals surface area (Å²) in [6, 6.07) is 9.34. The van der Waals surface area contributed by atoms with Crippen LogP contribution in [0.15, 0.2) is 30.3 Å². The van der Waals surface area contributed by atoms with E-state index in [1.54, 1.807) is 20.2 Å². The Balaban J connectivity index is 2.38. The van der Waals surface area contributed by atoms with Crippen LogP contribution in [-0.4, -0.2) is 60.9 Å². The van der Waals surface area contributed by atoms with Crippen LogP contribution in [0.2, 0.25) is 0 Å². The normalized spacial score (nSPS) is 10.5. The highest BCUT2D eigenvalue weighted by Gasteiger charge is 2.21. The number of benzene rings is 1. The molecule has 0 saturated heterocycles. The molecule has 1 heterocycles. The molecule has 0 aliphatic rings. The van der Waals surface area contributed by atoms with Crippen molar-refractivity contribution < 1.29 is 14.3 Å². The highest BCUT2D eigenvalue weighted by molar-refractivity contribution is 5.99. The molecule has 24 heavy (non-hydrogen) atoms. The Morgan fingerprint density at radius 2 is 1.92 bits per heavy atom. The molecule has 2 aromatic rings. The number of nitrogens with zero attached hydrogens (tertiary/aromatic N) is 3. The first kappa shape index (κ1) is 17.7. The SMILES string of the molecule is CCCN(CC(=O)N(C)C)C(=O)c1cc2ccccc2c(OC)n1. The third kappa shape index (κ3) is 3.82. The van der Waals surface area contributed by atoms with E-state index in [2.05, 4.69) is 4.98 Å². The van der Waals surface area contributed by atoms with Crippen molar-refractivity contribution in [2.24, 2.45) is 0 Å². The van der Waals surface area contributed by atoms with Gasteiger partial charge in [-0.2, -0.15) is 0 Å². The van der Waals surface area contributed by atoms with Gasteiger partial charge in [-0.3, -0.25) is 9.59 Å². The minimum atomic E-state index is -0.267. The number of carbonyl (C=O) groups excluding carboxylic acids is 2. The molecular weight excluding hydrogens is 306 g/mol. The summed E-state index contributed by atoms with van der Waals surface area (Å²) in [5.74, 6) is 0.0208. The van der Waals surface area contributed by atoms with Gasteiger partial charge >= 0.3 is 0 Å². The smallest absolute Gasteiger partial charge is 0.273 e. The lowest BCUT2D eigenvalue weighted by molar-refractivity contribution is -0.129. The van der Waals surface area contributed by atoms with Crippen molar-refractivity contribution in [1.82, 2.24) is 14.8 Å². The van der Waals surface area contributed by atoms with E-state index in [9.17, 15) is 9.59 Å². The Morgan fingerprint density at radius 1 is 1.21 bits per heavy atom. The van der Waals surface area contributed by atoms with E-state index in [4.69, 9.17) is 4.74 Å². The van der Waals surface area contributed by atoms with Crippen molar-refractivity contribution in [3.8, 4) is 5.88 Å². The van der Waals surface area contributed by atoms with Gasteiger partial charge in [-0.25, -0.2) is 4.98 Å². The number of aromatic nitrogens is 1. The van der Waals surface area contributed by atoms with Crippen LogP contribution >= 0.6 is 0 Å². The van der Waals surface area contributed by atoms with Crippen LogP contribution in [-0.2, 0) is 4.79 Å². The van der Waals surface area contributed by atoms with Gasteiger partial charge in [0, 0.05) is 26.0 Å². The third-order valence-electron chi connectivity index (χ3n) is 3.72. The number of hydrogen-bond donors (Lipinski definition) is 0. The Kier molecular flexibility index (Phi) is 5.73. The van der Waals surface area contributed by atoms with Gasteiger partial charge in [-0.05, 0) is 23.9 Å². The Bertz CT molecular complexity index is 743. The van der Waals surface area contributed by atoms with Crippen molar-refractivity contribution in [3.63, 3.8) is 0 Å². The number of likely N-dealkylation sites (N-methyl/N-ethyl adjacent to an activating group) is 1. The molecule has 0 radical (unpaired) electrons. The zero-order valence-electron chi connectivity index (χ0n) is 14.6. The third-order valence-corrected chi connectivity index (χ3v) is 3.72. The number of hydrogen-bond acceptors (Lipinski definition) is 4. The number of methoxy groups -OCH3 is 1. The molecule has 1 aromatic heterocycles. The molecule has 0 atom stereocenters. The maximum Gasteiger partial charge on any atom is 0.273 e. The van der Waals surface area contributed by atoms with E-state index in [0.717, 1.165) is 17.2 Å². The van der Waals surface area contributed by atoms with E-state index in [0.29, 0.717) is 12.4 Å². The Hall–Kier alpha value is -2.63. The van der Waals surface area contributed by atoms with E-state index in [1.807, 2.05) is 31.2 Å². The van der Waals surface area contributed by atoms with Crippen LogP contribution in [0.1, 0.15) is 23.8 Å². The van der Waals surface area contributed by atoms with Crippen LogP contribution in [0.3, 0.4) is 0 Å². The summed E-state index contributed by atoms with van der Waals surface area (Å²) in [6.45, 7) is 2.50. The molecule has 128 valence electrons. The molecule has 2 rings (SSSR count). The minimum Gasteiger partial charge on any atom is -0.481 e. The van der Waals surface area contributed by atoms with E-state index in [-0.39, 0.29) is 24.1 Å². The van der Waals surface area contributed by atoms with Gasteiger partial charge in [0.05, 0.1) is 7.11 Å². The van der Waals surface area contributed by atoms with Gasteiger partial charge in [0.25, 0.3) is 5.91 Å². The standard InChI is InChI=1S/C18H23N3O3/c1-5-10-21(12-16(22)20(2)3)18(23)15-11-13-8-6-7-9-14(13)17(19-15)24-4/h6-9,11H,5,10,12H2,1-4H3. The number of carbonyl (C=O) groups is 2. The molecule has 0 spiro atoms. The molecule has 0 bridgehead atoms. The average molecular weight is 329 g/mol. The number of amides is 2. The number of pyridine rings is 1. The van der Waals surface area contributed by atoms with Gasteiger partial charge in [0.2, 0.25) is 11.8 Å². The second kappa shape index (κ2) is 7.77. The largest absolute Gasteiger partial charge is 0.481 e. The fraction of sp³-hybridized carbons (Fsp3) is 0.389. The fourth-order valence-electron chi connectivity index (χ4n) is 2.42. The lowest BCUT2D eigenvalue weighted by atomic mass is 10.1. The van der Waals surface area contributed by atoms with Gasteiger partial charge in [0.1, 0.15) is 12.2 Å². The van der Waals surface area contributed by atoms with Crippen molar-refractivity contribution >= 4 is 22.6 Å². The van der Waals surface area contributed by atoms with Crippen molar-refractivity contribution in [2.45, 2.75) is 13.3 Å². The topological polar surface area (TPSA) is 62.7 Å². The molecular formula is C18H23N3O3. The lowest BCUT2D eigenvalue weighted by Crippen LogP contribution is -2.41. The lowest BCUT2D eigenvalue weighted by Gasteiger charge is -2.23. The predicted molar refractivity (Wildman–Crippen MR) is 93.2 cm³/mol. The van der Waals surface area contributed by atoms with Crippen molar-refractivity contribution in [2.75, 3.05) is 34.3 Å². The quantitative estimate of drug-likeness (QED) is 0.815. The van der Waals surface area contributed by atoms with E-state index >= 15 is 0 Å². The first-order valence-electron chi connectivity index (χ1n) is 7.91. The summed E-state index contributed by atoms with van der Waals surface area (Å²) < 4.78 is 5.32. The highest BCUT2D eigenvalue weighted by Crippen LogP contribution is 2.24. The van der Waals surface area contributed by atoms with Crippen LogP contribution in [0.5, 0.6) is 5.88 Å². The van der Waals surface area contributed by atoms with Gasteiger partial charge in [0.15, 0.2) is 0 Å². The summed E-state index contributed by atoms with van der Waals surface area (Å²) in [4.78, 5) is 32.2. The summed E-state index contributed by atoms with van der Waals surface area (Å²) in [5.41, 5.74) is 0.283. The summed E-state index contributed by atoms with van der Waals surface area (Å²) in [6.07, 6.45) is 0.761. The zero-order chi connectivity index (χ0) is 17.7. The second-order valence-corrected chi connectivity index (χ2v) is 5.75. The van der Waals surface area contributed by atoms with Crippen LogP contribution in [0.25, 0.3) is 10.8 Å². The minimum absolute atomic E-state index is 0.0382. The van der Waals surface area contributed by atoms with Gasteiger partial charge in [-0.15, -0.1) is 0 Å². The molecule has 6 heteroatoms. The van der Waals surface area contributed by atoms with E-state index in [1.165, 1.54) is 16.9 Å². The number of rotatable bonds is 6. The Morgan fingerprint density at radius 3 is 2.54 bits per heavy atom. The van der Waals surface area contributed by atoms with Crippen molar-refractivity contribution in [3.05, 3.63) is 36.0 Å². The Labute approximate surface area is 142 Å². The monoisotopic (exact) mass is 329 g/mol. The zero-order valence-corrected chi connectivity index (χ0v) is 14.6. The van der Waals surface area contributed by atoms with Crippen molar-refractivity contribution in [1.29, 1.82) is 0 Å². The molecule has 0 aliphatic heterocycles. The first-order valence-corrected chi connectivity index (χ1v) is 7.91. The highest BCUT2D eigenvalue weighted by atomic mass is 16.5. The van der Waals surface area contributed by atoms with Gasteiger partial charge in [-0.1, -0.05) is 25.1 Å². The second-order valence-electron chi connectivity index (χ2n) is 5.75. The molecule has 2 amide bonds. The molecule has 0 aliphatic carbocycles. The maximum atomic E-state index is 12.8. The van der Waals surface area contributed by atoms with Crippen LogP contribution < -0.4 is 4.74 Å². The molecule has 1 aromatic carbocycles. The van der Waals surface area contributed by atoms with Crippen LogP contribution in [0.4, 0.5) is 0 Å². The molecule has 0 fully saturated rings. The predicted octanol–water partition coefficient (Wildman–Crippen LogP) is 2.18. The molecule has 0 saturated carbocycles.